The number of hydrogen-bond acceptors (Lipinski definition) is 4. The zero-order valence-corrected chi connectivity index (χ0v) is 3.56. The summed E-state index contributed by atoms with van der Waals surface area (Å²) in [6.07, 6.45) is 0. The maximum atomic E-state index is 9.92. The van der Waals surface area contributed by atoms with Gasteiger partial charge in [0.1, 0.15) is 0 Å². The Hall–Kier alpha value is -0.850. The van der Waals surface area contributed by atoms with E-state index in [1.165, 1.54) is 0 Å². The first-order valence-electron chi connectivity index (χ1n) is 1.53. The van der Waals surface area contributed by atoms with Crippen LogP contribution in [0, 0.1) is 0 Å². The van der Waals surface area contributed by atoms with Crippen LogP contribution in [0.4, 0.5) is 4.79 Å². The first-order valence-corrected chi connectivity index (χ1v) is 1.53. The van der Waals surface area contributed by atoms with Gasteiger partial charge in [0.05, 0.1) is 0 Å². The molecule has 0 aromatic rings. The summed E-state index contributed by atoms with van der Waals surface area (Å²) < 4.78 is 0. The predicted octanol–water partition coefficient (Wildman–Crippen LogP) is -2.46. The van der Waals surface area contributed by atoms with E-state index in [1.54, 1.807) is 5.43 Å². The molecule has 0 radical (unpaired) electrons. The molecule has 0 aliphatic heterocycles. The summed E-state index contributed by atoms with van der Waals surface area (Å²) in [4.78, 5) is 9.92. The van der Waals surface area contributed by atoms with E-state index >= 15 is 0 Å². The summed E-state index contributed by atoms with van der Waals surface area (Å²) in [5.41, 5.74) is 5.60. The Morgan fingerprint density at radius 1 is 1.43 bits per heavy atom. The molecule has 7 N–H and O–H groups in total. The molecule has 2 amide bonds. The molecular formula is CH7N5O. The molecule has 6 heteroatoms. The highest BCUT2D eigenvalue weighted by atomic mass is 16.2. The van der Waals surface area contributed by atoms with Gasteiger partial charge in [-0.3, -0.25) is 16.7 Å². The fourth-order valence-electron chi connectivity index (χ4n) is 0.102. The van der Waals surface area contributed by atoms with E-state index in [0.717, 1.165) is 0 Å². The van der Waals surface area contributed by atoms with Gasteiger partial charge < -0.3 is 0 Å². The lowest BCUT2D eigenvalue weighted by atomic mass is 11.1. The van der Waals surface area contributed by atoms with Gasteiger partial charge in [0.15, 0.2) is 0 Å². The Morgan fingerprint density at radius 2 is 2.00 bits per heavy atom. The van der Waals surface area contributed by atoms with Crippen LogP contribution in [0.25, 0.3) is 0 Å². The standard InChI is InChI=1S/CH7N5O/c2-4-1(7)5-6-3/h6H,2-3H2,(H2,4,5,7). The van der Waals surface area contributed by atoms with Crippen LogP contribution < -0.4 is 28.1 Å². The van der Waals surface area contributed by atoms with E-state index in [9.17, 15) is 4.79 Å². The number of hydrogen-bond donors (Lipinski definition) is 5. The van der Waals surface area contributed by atoms with E-state index in [0.29, 0.717) is 0 Å². The second-order valence-electron chi connectivity index (χ2n) is 0.743. The molecule has 0 aliphatic carbocycles. The van der Waals surface area contributed by atoms with Crippen LogP contribution in [0.2, 0.25) is 0 Å². The van der Waals surface area contributed by atoms with Gasteiger partial charge in [0.25, 0.3) is 0 Å². The highest BCUT2D eigenvalue weighted by molar-refractivity contribution is 5.72. The normalized spacial score (nSPS) is 7.71. The van der Waals surface area contributed by atoms with Gasteiger partial charge in [0.2, 0.25) is 0 Å². The van der Waals surface area contributed by atoms with Crippen molar-refractivity contribution < 1.29 is 4.79 Å². The molecule has 0 heterocycles. The first-order chi connectivity index (χ1) is 3.31. The molecule has 0 saturated heterocycles. The smallest absolute Gasteiger partial charge is 0.275 e. The largest absolute Gasteiger partial charge is 0.344 e. The van der Waals surface area contributed by atoms with E-state index < -0.39 is 6.03 Å². The fraction of sp³-hybridized carbons (Fsp3) is 0. The van der Waals surface area contributed by atoms with Crippen LogP contribution in [-0.4, -0.2) is 6.03 Å². The summed E-state index contributed by atoms with van der Waals surface area (Å²) in [6.45, 7) is 0. The third kappa shape index (κ3) is 2.97. The van der Waals surface area contributed by atoms with Crippen molar-refractivity contribution in [1.82, 2.24) is 16.4 Å². The summed E-state index contributed by atoms with van der Waals surface area (Å²) in [5.74, 6) is 9.23. The molecule has 0 saturated carbocycles. The summed E-state index contributed by atoms with van der Waals surface area (Å²) in [5, 5.41) is 0. The molecule has 0 fully saturated rings. The monoisotopic (exact) mass is 105 g/mol. The van der Waals surface area contributed by atoms with E-state index in [1.807, 2.05) is 11.0 Å². The van der Waals surface area contributed by atoms with E-state index in [-0.39, 0.29) is 0 Å². The highest BCUT2D eigenvalue weighted by Gasteiger charge is 1.86. The molecule has 7 heavy (non-hydrogen) atoms. The number of carbonyl (C=O) groups excluding carboxylic acids is 1. The summed E-state index contributed by atoms with van der Waals surface area (Å²) >= 11 is 0. The fourth-order valence-corrected chi connectivity index (χ4v) is 0.102. The zero-order chi connectivity index (χ0) is 5.70. The van der Waals surface area contributed by atoms with Gasteiger partial charge >= 0.3 is 6.03 Å². The van der Waals surface area contributed by atoms with Crippen molar-refractivity contribution in [3.63, 3.8) is 0 Å². The second-order valence-corrected chi connectivity index (χ2v) is 0.743. The van der Waals surface area contributed by atoms with Gasteiger partial charge in [-0.25, -0.2) is 10.6 Å². The molecule has 0 aromatic heterocycles. The summed E-state index contributed by atoms with van der Waals surface area (Å²) in [7, 11) is 0. The highest BCUT2D eigenvalue weighted by Crippen LogP contribution is 1.45. The third-order valence-electron chi connectivity index (χ3n) is 0.317. The Morgan fingerprint density at radius 3 is 2.14 bits per heavy atom. The maximum absolute atomic E-state index is 9.92. The molecule has 0 rings (SSSR count). The minimum Gasteiger partial charge on any atom is -0.275 e. The molecule has 0 atom stereocenters. The van der Waals surface area contributed by atoms with Gasteiger partial charge in [0, 0.05) is 0 Å². The molecule has 0 aromatic carbocycles. The van der Waals surface area contributed by atoms with Gasteiger partial charge in [-0.1, -0.05) is 0 Å². The quantitative estimate of drug-likeness (QED) is 0.145. The number of rotatable bonds is 1. The number of urea groups is 1. The Kier molecular flexibility index (Phi) is 2.94. The van der Waals surface area contributed by atoms with Gasteiger partial charge in [-0.2, -0.15) is 5.53 Å². The van der Waals surface area contributed by atoms with Crippen molar-refractivity contribution in [1.29, 1.82) is 0 Å². The topological polar surface area (TPSA) is 105 Å². The Bertz CT molecular complexity index is 61.1. The third-order valence-corrected chi connectivity index (χ3v) is 0.317. The van der Waals surface area contributed by atoms with Gasteiger partial charge in [-0.05, 0) is 0 Å². The van der Waals surface area contributed by atoms with Crippen LogP contribution in [-0.2, 0) is 0 Å². The van der Waals surface area contributed by atoms with Crippen molar-refractivity contribution in [2.24, 2.45) is 11.7 Å². The lowest BCUT2D eigenvalue weighted by molar-refractivity contribution is 0.237. The second kappa shape index (κ2) is 3.34. The average Bonchev–Trinajstić information content (AvgIpc) is 1.68. The number of carbonyl (C=O) groups is 1. The van der Waals surface area contributed by atoms with Crippen LogP contribution in [0.5, 0.6) is 0 Å². The minimum atomic E-state index is -0.581. The van der Waals surface area contributed by atoms with Crippen molar-refractivity contribution in [3.05, 3.63) is 0 Å². The van der Waals surface area contributed by atoms with Crippen LogP contribution >= 0.6 is 0 Å². The maximum Gasteiger partial charge on any atom is 0.344 e. The lowest BCUT2D eigenvalue weighted by Crippen LogP contribution is -2.49. The molecule has 0 unspecified atom stereocenters. The Labute approximate surface area is 40.1 Å². The molecule has 6 nitrogen and oxygen atoms in total. The van der Waals surface area contributed by atoms with Crippen molar-refractivity contribution >= 4 is 6.03 Å². The zero-order valence-electron chi connectivity index (χ0n) is 3.56. The molecule has 42 valence electrons. The molecule has 0 spiro atoms. The van der Waals surface area contributed by atoms with Crippen molar-refractivity contribution in [2.45, 2.75) is 0 Å². The van der Waals surface area contributed by atoms with E-state index in [2.05, 4.69) is 11.7 Å². The number of hydrazine groups is 3. The lowest BCUT2D eigenvalue weighted by Gasteiger charge is -1.97. The average molecular weight is 105 g/mol. The van der Waals surface area contributed by atoms with E-state index in [4.69, 9.17) is 0 Å². The minimum absolute atomic E-state index is 0.581. The van der Waals surface area contributed by atoms with Crippen LogP contribution in [0.15, 0.2) is 0 Å². The van der Waals surface area contributed by atoms with Crippen LogP contribution in [0.1, 0.15) is 0 Å². The predicted molar refractivity (Wildman–Crippen MR) is 23.2 cm³/mol. The molecule has 0 bridgehead atoms. The molecule has 0 aliphatic rings. The molecular weight excluding hydrogens is 98.0 g/mol. The van der Waals surface area contributed by atoms with Crippen molar-refractivity contribution in [3.8, 4) is 0 Å². The number of amides is 2. The number of nitrogens with two attached hydrogens (primary N) is 2. The summed E-state index contributed by atoms with van der Waals surface area (Å²) in [6, 6.07) is -0.581. The SMILES string of the molecule is NNNC(=O)NN. The van der Waals surface area contributed by atoms with Gasteiger partial charge in [-0.15, -0.1) is 0 Å². The Balaban J connectivity index is 3.00. The van der Waals surface area contributed by atoms with Crippen molar-refractivity contribution in [2.75, 3.05) is 0 Å². The first kappa shape index (κ1) is 6.15. The van der Waals surface area contributed by atoms with Crippen LogP contribution in [0.3, 0.4) is 0 Å². The number of nitrogens with one attached hydrogen (secondary N) is 3.